The van der Waals surface area contributed by atoms with Gasteiger partial charge in [0.25, 0.3) is 0 Å². The number of hydrogen-bond donors (Lipinski definition) is 2. The van der Waals surface area contributed by atoms with Gasteiger partial charge in [0, 0.05) is 30.2 Å². The number of aromatic amines is 1. The lowest BCUT2D eigenvalue weighted by molar-refractivity contribution is 0.534. The summed E-state index contributed by atoms with van der Waals surface area (Å²) in [5, 5.41) is 4.79. The molecule has 0 aliphatic carbocycles. The Labute approximate surface area is 115 Å². The first kappa shape index (κ1) is 12.5. The van der Waals surface area contributed by atoms with Crippen molar-refractivity contribution in [2.75, 3.05) is 31.6 Å². The SMILES string of the molecule is Cc1[nH]c2ccccc2c1N(C)CCC1CCNC1. The van der Waals surface area contributed by atoms with E-state index < -0.39 is 0 Å². The molecule has 19 heavy (non-hydrogen) atoms. The largest absolute Gasteiger partial charge is 0.373 e. The van der Waals surface area contributed by atoms with E-state index in [1.165, 1.54) is 48.2 Å². The molecule has 1 aliphatic rings. The van der Waals surface area contributed by atoms with Gasteiger partial charge in [0.15, 0.2) is 0 Å². The maximum atomic E-state index is 3.48. The van der Waals surface area contributed by atoms with Crippen LogP contribution in [0.25, 0.3) is 10.9 Å². The summed E-state index contributed by atoms with van der Waals surface area (Å²) in [7, 11) is 2.21. The van der Waals surface area contributed by atoms with Crippen molar-refractivity contribution in [2.45, 2.75) is 19.8 Å². The minimum atomic E-state index is 0.855. The number of hydrogen-bond acceptors (Lipinski definition) is 2. The molecule has 1 unspecified atom stereocenters. The zero-order chi connectivity index (χ0) is 13.2. The molecule has 3 rings (SSSR count). The number of nitrogens with zero attached hydrogens (tertiary/aromatic N) is 1. The topological polar surface area (TPSA) is 31.1 Å². The fourth-order valence-electron chi connectivity index (χ4n) is 3.20. The third-order valence-corrected chi connectivity index (χ3v) is 4.28. The molecule has 0 spiro atoms. The Morgan fingerprint density at radius 3 is 2.95 bits per heavy atom. The van der Waals surface area contributed by atoms with Crippen LogP contribution in [0.4, 0.5) is 5.69 Å². The number of nitrogens with one attached hydrogen (secondary N) is 2. The van der Waals surface area contributed by atoms with E-state index >= 15 is 0 Å². The maximum Gasteiger partial charge on any atom is 0.0651 e. The van der Waals surface area contributed by atoms with Crippen molar-refractivity contribution in [1.82, 2.24) is 10.3 Å². The van der Waals surface area contributed by atoms with Gasteiger partial charge in [0.05, 0.1) is 5.69 Å². The Kier molecular flexibility index (Phi) is 3.47. The number of aryl methyl sites for hydroxylation is 1. The van der Waals surface area contributed by atoms with E-state index in [0.717, 1.165) is 12.5 Å². The molecule has 2 heterocycles. The van der Waals surface area contributed by atoms with Gasteiger partial charge in [-0.2, -0.15) is 0 Å². The third-order valence-electron chi connectivity index (χ3n) is 4.28. The molecule has 2 N–H and O–H groups in total. The van der Waals surface area contributed by atoms with Gasteiger partial charge in [0.2, 0.25) is 0 Å². The number of fused-ring (bicyclic) bond motifs is 1. The Morgan fingerprint density at radius 1 is 1.32 bits per heavy atom. The van der Waals surface area contributed by atoms with Gasteiger partial charge >= 0.3 is 0 Å². The summed E-state index contributed by atoms with van der Waals surface area (Å²) in [6.45, 7) is 5.69. The summed E-state index contributed by atoms with van der Waals surface area (Å²) in [4.78, 5) is 5.89. The van der Waals surface area contributed by atoms with Crippen LogP contribution in [-0.4, -0.2) is 31.7 Å². The monoisotopic (exact) mass is 257 g/mol. The van der Waals surface area contributed by atoms with Crippen molar-refractivity contribution >= 4 is 16.6 Å². The van der Waals surface area contributed by atoms with Crippen LogP contribution in [-0.2, 0) is 0 Å². The summed E-state index contributed by atoms with van der Waals surface area (Å²) in [6, 6.07) is 8.57. The molecule has 1 fully saturated rings. The fraction of sp³-hybridized carbons (Fsp3) is 0.500. The molecule has 1 atom stereocenters. The fourth-order valence-corrected chi connectivity index (χ4v) is 3.20. The molecular weight excluding hydrogens is 234 g/mol. The first-order chi connectivity index (χ1) is 9.25. The number of para-hydroxylation sites is 1. The van der Waals surface area contributed by atoms with Crippen LogP contribution in [0, 0.1) is 12.8 Å². The van der Waals surface area contributed by atoms with Crippen LogP contribution >= 0.6 is 0 Å². The summed E-state index contributed by atoms with van der Waals surface area (Å²) in [6.07, 6.45) is 2.61. The minimum absolute atomic E-state index is 0.855. The number of benzene rings is 1. The lowest BCUT2D eigenvalue weighted by atomic mass is 10.0. The van der Waals surface area contributed by atoms with Crippen LogP contribution in [0.1, 0.15) is 18.5 Å². The molecule has 0 amide bonds. The van der Waals surface area contributed by atoms with Crippen LogP contribution in [0.5, 0.6) is 0 Å². The first-order valence-electron chi connectivity index (χ1n) is 7.25. The lowest BCUT2D eigenvalue weighted by Gasteiger charge is -2.21. The van der Waals surface area contributed by atoms with Crippen molar-refractivity contribution in [3.05, 3.63) is 30.0 Å². The highest BCUT2D eigenvalue weighted by atomic mass is 15.1. The van der Waals surface area contributed by atoms with Crippen molar-refractivity contribution in [2.24, 2.45) is 5.92 Å². The second-order valence-electron chi connectivity index (χ2n) is 5.71. The quantitative estimate of drug-likeness (QED) is 0.882. The molecule has 0 saturated carbocycles. The van der Waals surface area contributed by atoms with Gasteiger partial charge < -0.3 is 15.2 Å². The predicted octanol–water partition coefficient (Wildman–Crippen LogP) is 2.91. The van der Waals surface area contributed by atoms with E-state index in [1.807, 2.05) is 0 Å². The van der Waals surface area contributed by atoms with Crippen LogP contribution in [0.3, 0.4) is 0 Å². The summed E-state index contributed by atoms with van der Waals surface area (Å²) < 4.78 is 0. The minimum Gasteiger partial charge on any atom is -0.373 e. The van der Waals surface area contributed by atoms with Gasteiger partial charge in [-0.3, -0.25) is 0 Å². The van der Waals surface area contributed by atoms with Gasteiger partial charge in [-0.25, -0.2) is 0 Å². The molecule has 3 nitrogen and oxygen atoms in total. The molecule has 3 heteroatoms. The molecule has 2 aromatic rings. The second-order valence-corrected chi connectivity index (χ2v) is 5.71. The van der Waals surface area contributed by atoms with Crippen molar-refractivity contribution in [1.29, 1.82) is 0 Å². The molecule has 1 aromatic heterocycles. The Bertz CT molecular complexity index is 552. The lowest BCUT2D eigenvalue weighted by Crippen LogP contribution is -2.22. The normalized spacial score (nSPS) is 19.2. The second kappa shape index (κ2) is 5.25. The molecule has 0 bridgehead atoms. The number of rotatable bonds is 4. The van der Waals surface area contributed by atoms with Crippen molar-refractivity contribution in [3.63, 3.8) is 0 Å². The molecule has 1 saturated heterocycles. The molecule has 0 radical (unpaired) electrons. The van der Waals surface area contributed by atoms with Gasteiger partial charge in [0.1, 0.15) is 0 Å². The zero-order valence-corrected chi connectivity index (χ0v) is 11.9. The van der Waals surface area contributed by atoms with Gasteiger partial charge in [-0.05, 0) is 44.8 Å². The third kappa shape index (κ3) is 2.47. The summed E-state index contributed by atoms with van der Waals surface area (Å²) in [5.41, 5.74) is 3.87. The van der Waals surface area contributed by atoms with Crippen molar-refractivity contribution < 1.29 is 0 Å². The summed E-state index contributed by atoms with van der Waals surface area (Å²) in [5.74, 6) is 0.855. The number of anilines is 1. The van der Waals surface area contributed by atoms with E-state index in [1.54, 1.807) is 0 Å². The van der Waals surface area contributed by atoms with Crippen LogP contribution in [0.15, 0.2) is 24.3 Å². The van der Waals surface area contributed by atoms with E-state index in [0.29, 0.717) is 0 Å². The molecule has 102 valence electrons. The van der Waals surface area contributed by atoms with Gasteiger partial charge in [-0.15, -0.1) is 0 Å². The molecular formula is C16H23N3. The van der Waals surface area contributed by atoms with Crippen molar-refractivity contribution in [3.8, 4) is 0 Å². The molecule has 1 aromatic carbocycles. The Hall–Kier alpha value is -1.48. The average molecular weight is 257 g/mol. The van der Waals surface area contributed by atoms with Gasteiger partial charge in [-0.1, -0.05) is 18.2 Å². The number of aromatic nitrogens is 1. The number of H-pyrrole nitrogens is 1. The van der Waals surface area contributed by atoms with E-state index in [9.17, 15) is 0 Å². The van der Waals surface area contributed by atoms with E-state index in [2.05, 4.69) is 53.4 Å². The highest BCUT2D eigenvalue weighted by Gasteiger charge is 2.17. The average Bonchev–Trinajstić information content (AvgIpc) is 3.02. The maximum absolute atomic E-state index is 3.48. The first-order valence-corrected chi connectivity index (χ1v) is 7.25. The van der Waals surface area contributed by atoms with E-state index in [4.69, 9.17) is 0 Å². The highest BCUT2D eigenvalue weighted by Crippen LogP contribution is 2.30. The zero-order valence-electron chi connectivity index (χ0n) is 11.9. The van der Waals surface area contributed by atoms with E-state index in [-0.39, 0.29) is 0 Å². The predicted molar refractivity (Wildman–Crippen MR) is 81.9 cm³/mol. The Balaban J connectivity index is 1.76. The molecule has 1 aliphatic heterocycles. The highest BCUT2D eigenvalue weighted by molar-refractivity contribution is 5.94. The smallest absolute Gasteiger partial charge is 0.0651 e. The Morgan fingerprint density at radius 2 is 2.16 bits per heavy atom. The van der Waals surface area contributed by atoms with Crippen LogP contribution in [0.2, 0.25) is 0 Å². The standard InChI is InChI=1S/C16H23N3/c1-12-16(14-5-3-4-6-15(14)18-12)19(2)10-8-13-7-9-17-11-13/h3-6,13,17-18H,7-11H2,1-2H3. The van der Waals surface area contributed by atoms with Crippen LogP contribution < -0.4 is 10.2 Å². The summed E-state index contributed by atoms with van der Waals surface area (Å²) >= 11 is 0.